The molecule has 0 aliphatic heterocycles. The van der Waals surface area contributed by atoms with Crippen LogP contribution in [-0.4, -0.2) is 29.0 Å². The molecule has 1 aliphatic carbocycles. The van der Waals surface area contributed by atoms with E-state index in [-0.39, 0.29) is 17.9 Å². The molecule has 22 heavy (non-hydrogen) atoms. The van der Waals surface area contributed by atoms with Crippen molar-refractivity contribution in [3.05, 3.63) is 30.1 Å². The number of para-hydroxylation sites is 2. The minimum Gasteiger partial charge on any atom is -0.345 e. The van der Waals surface area contributed by atoms with Crippen LogP contribution in [0.4, 0.5) is 0 Å². The first-order valence-electron chi connectivity index (χ1n) is 8.08. The molecule has 1 aromatic heterocycles. The zero-order chi connectivity index (χ0) is 15.5. The minimum atomic E-state index is -0.0948. The molecule has 0 radical (unpaired) electrons. The maximum atomic E-state index is 12.1. The first-order valence-corrected chi connectivity index (χ1v) is 8.08. The van der Waals surface area contributed by atoms with Crippen LogP contribution in [0.5, 0.6) is 0 Å². The van der Waals surface area contributed by atoms with Crippen LogP contribution in [-0.2, 0) is 4.79 Å². The molecule has 1 saturated carbocycles. The monoisotopic (exact) mass is 300 g/mol. The predicted octanol–water partition coefficient (Wildman–Crippen LogP) is 2.38. The quantitative estimate of drug-likeness (QED) is 0.735. The van der Waals surface area contributed by atoms with Crippen molar-refractivity contribution >= 4 is 16.9 Å². The van der Waals surface area contributed by atoms with E-state index in [1.165, 1.54) is 12.8 Å². The molecule has 1 amide bonds. The topological polar surface area (TPSA) is 69.8 Å². The molecule has 5 nitrogen and oxygen atoms in total. The van der Waals surface area contributed by atoms with E-state index in [9.17, 15) is 4.79 Å². The molecule has 0 bridgehead atoms. The van der Waals surface area contributed by atoms with Gasteiger partial charge in [-0.25, -0.2) is 4.98 Å². The molecule has 1 aromatic carbocycles. The Kier molecular flexibility index (Phi) is 4.43. The Morgan fingerprint density at radius 2 is 2.14 bits per heavy atom. The number of fused-ring (bicyclic) bond motifs is 1. The Hall–Kier alpha value is -1.88. The summed E-state index contributed by atoms with van der Waals surface area (Å²) >= 11 is 0. The van der Waals surface area contributed by atoms with Crippen molar-refractivity contribution in [2.75, 3.05) is 13.1 Å². The highest BCUT2D eigenvalue weighted by Gasteiger charge is 2.23. The van der Waals surface area contributed by atoms with Crippen LogP contribution >= 0.6 is 0 Å². The van der Waals surface area contributed by atoms with E-state index < -0.39 is 0 Å². The predicted molar refractivity (Wildman–Crippen MR) is 87.4 cm³/mol. The largest absolute Gasteiger partial charge is 0.345 e. The maximum absolute atomic E-state index is 12.1. The zero-order valence-electron chi connectivity index (χ0n) is 13.2. The van der Waals surface area contributed by atoms with Crippen LogP contribution in [0.3, 0.4) is 0 Å². The van der Waals surface area contributed by atoms with Gasteiger partial charge in [0.1, 0.15) is 5.82 Å². The first kappa shape index (κ1) is 15.0. The Bertz CT molecular complexity index is 612. The summed E-state index contributed by atoms with van der Waals surface area (Å²) in [6.45, 7) is 5.51. The Morgan fingerprint density at radius 3 is 2.82 bits per heavy atom. The van der Waals surface area contributed by atoms with Crippen LogP contribution < -0.4 is 10.6 Å². The molecule has 0 saturated heterocycles. The number of imidazole rings is 1. The van der Waals surface area contributed by atoms with Gasteiger partial charge in [0.15, 0.2) is 0 Å². The normalized spacial score (nSPS) is 16.1. The van der Waals surface area contributed by atoms with Gasteiger partial charge >= 0.3 is 0 Å². The molecule has 2 aromatic rings. The van der Waals surface area contributed by atoms with Gasteiger partial charge in [-0.3, -0.25) is 4.79 Å². The van der Waals surface area contributed by atoms with Gasteiger partial charge in [-0.2, -0.15) is 0 Å². The van der Waals surface area contributed by atoms with Gasteiger partial charge < -0.3 is 15.6 Å². The highest BCUT2D eigenvalue weighted by Crippen LogP contribution is 2.27. The third-order valence-electron chi connectivity index (χ3n) is 4.10. The molecule has 118 valence electrons. The fraction of sp³-hybridized carbons (Fsp3) is 0.529. The lowest BCUT2D eigenvalue weighted by Gasteiger charge is -2.20. The zero-order valence-corrected chi connectivity index (χ0v) is 13.2. The fourth-order valence-electron chi connectivity index (χ4n) is 2.61. The second kappa shape index (κ2) is 6.48. The van der Waals surface area contributed by atoms with E-state index in [1.54, 1.807) is 0 Å². The van der Waals surface area contributed by atoms with Gasteiger partial charge in [0.25, 0.3) is 0 Å². The average Bonchev–Trinajstić information content (AvgIpc) is 3.21. The molecule has 1 fully saturated rings. The molecular weight excluding hydrogens is 276 g/mol. The number of aromatic nitrogens is 2. The van der Waals surface area contributed by atoms with Crippen molar-refractivity contribution in [3.8, 4) is 0 Å². The molecule has 1 unspecified atom stereocenters. The number of carbonyl (C=O) groups excluding carboxylic acids is 1. The summed E-state index contributed by atoms with van der Waals surface area (Å²) in [6, 6.07) is 7.84. The second-order valence-corrected chi connectivity index (χ2v) is 6.50. The molecule has 3 rings (SSSR count). The number of hydrogen-bond acceptors (Lipinski definition) is 3. The van der Waals surface area contributed by atoms with Gasteiger partial charge in [-0.1, -0.05) is 26.0 Å². The van der Waals surface area contributed by atoms with E-state index in [1.807, 2.05) is 24.3 Å². The molecule has 1 atom stereocenters. The van der Waals surface area contributed by atoms with Gasteiger partial charge in [-0.05, 0) is 43.4 Å². The maximum Gasteiger partial charge on any atom is 0.234 e. The first-order chi connectivity index (χ1) is 10.6. The summed E-state index contributed by atoms with van der Waals surface area (Å²) in [5, 5.41) is 6.32. The molecule has 1 heterocycles. The summed E-state index contributed by atoms with van der Waals surface area (Å²) in [5.74, 6) is 1.91. The summed E-state index contributed by atoms with van der Waals surface area (Å²) in [4.78, 5) is 20.1. The van der Waals surface area contributed by atoms with Crippen molar-refractivity contribution in [3.63, 3.8) is 0 Å². The molecular formula is C17H24N4O. The smallest absolute Gasteiger partial charge is 0.234 e. The van der Waals surface area contributed by atoms with Crippen LogP contribution in [0.25, 0.3) is 11.0 Å². The SMILES string of the molecule is CC(C)C(NC(=O)CNCC1CC1)c1nc2ccccc2[nH]1. The lowest BCUT2D eigenvalue weighted by molar-refractivity contribution is -0.121. The lowest BCUT2D eigenvalue weighted by atomic mass is 10.0. The lowest BCUT2D eigenvalue weighted by Crippen LogP contribution is -2.39. The third-order valence-corrected chi connectivity index (χ3v) is 4.10. The number of hydrogen-bond donors (Lipinski definition) is 3. The standard InChI is InChI=1S/C17H24N4O/c1-11(2)16(21-15(22)10-18-9-12-7-8-12)17-19-13-5-3-4-6-14(13)20-17/h3-6,11-12,16,18H,7-10H2,1-2H3,(H,19,20)(H,21,22). The Morgan fingerprint density at radius 1 is 1.36 bits per heavy atom. The van der Waals surface area contributed by atoms with Crippen LogP contribution in [0.15, 0.2) is 24.3 Å². The van der Waals surface area contributed by atoms with E-state index in [4.69, 9.17) is 0 Å². The number of rotatable bonds is 7. The summed E-state index contributed by atoms with van der Waals surface area (Å²) in [6.07, 6.45) is 2.59. The van der Waals surface area contributed by atoms with Gasteiger partial charge in [0, 0.05) is 0 Å². The van der Waals surface area contributed by atoms with Crippen molar-refractivity contribution in [1.82, 2.24) is 20.6 Å². The molecule has 5 heteroatoms. The number of nitrogens with one attached hydrogen (secondary N) is 3. The molecule has 3 N–H and O–H groups in total. The number of benzene rings is 1. The van der Waals surface area contributed by atoms with Gasteiger partial charge in [0.05, 0.1) is 23.6 Å². The summed E-state index contributed by atoms with van der Waals surface area (Å²) < 4.78 is 0. The van der Waals surface area contributed by atoms with E-state index in [0.717, 1.165) is 29.3 Å². The average molecular weight is 300 g/mol. The van der Waals surface area contributed by atoms with Crippen molar-refractivity contribution in [2.45, 2.75) is 32.7 Å². The van der Waals surface area contributed by atoms with E-state index in [2.05, 4.69) is 34.4 Å². The summed E-state index contributed by atoms with van der Waals surface area (Å²) in [5.41, 5.74) is 1.94. The Labute approximate surface area is 130 Å². The van der Waals surface area contributed by atoms with Gasteiger partial charge in [0.2, 0.25) is 5.91 Å². The number of amides is 1. The second-order valence-electron chi connectivity index (χ2n) is 6.50. The molecule has 1 aliphatic rings. The van der Waals surface area contributed by atoms with Crippen LogP contribution in [0.1, 0.15) is 38.6 Å². The molecule has 0 spiro atoms. The minimum absolute atomic E-state index is 0.0276. The Balaban J connectivity index is 1.64. The van der Waals surface area contributed by atoms with Crippen molar-refractivity contribution < 1.29 is 4.79 Å². The highest BCUT2D eigenvalue weighted by atomic mass is 16.2. The highest BCUT2D eigenvalue weighted by molar-refractivity contribution is 5.79. The fourth-order valence-corrected chi connectivity index (χ4v) is 2.61. The number of carbonyl (C=O) groups is 1. The van der Waals surface area contributed by atoms with E-state index in [0.29, 0.717) is 6.54 Å². The number of aromatic amines is 1. The number of nitrogens with zero attached hydrogens (tertiary/aromatic N) is 1. The van der Waals surface area contributed by atoms with Crippen molar-refractivity contribution in [2.24, 2.45) is 11.8 Å². The van der Waals surface area contributed by atoms with Gasteiger partial charge in [-0.15, -0.1) is 0 Å². The summed E-state index contributed by atoms with van der Waals surface area (Å²) in [7, 11) is 0. The van der Waals surface area contributed by atoms with E-state index >= 15 is 0 Å². The van der Waals surface area contributed by atoms with Crippen LogP contribution in [0.2, 0.25) is 0 Å². The van der Waals surface area contributed by atoms with Crippen molar-refractivity contribution in [1.29, 1.82) is 0 Å². The third kappa shape index (κ3) is 3.65. The van der Waals surface area contributed by atoms with Crippen LogP contribution in [0, 0.1) is 11.8 Å². The number of H-pyrrole nitrogens is 1.